The fourth-order valence-corrected chi connectivity index (χ4v) is 4.49. The first-order valence-corrected chi connectivity index (χ1v) is 10.5. The number of hydrogen-bond acceptors (Lipinski definition) is 5. The third kappa shape index (κ3) is 3.31. The van der Waals surface area contributed by atoms with Crippen LogP contribution in [0, 0.1) is 0 Å². The van der Waals surface area contributed by atoms with E-state index < -0.39 is 0 Å². The number of piperazine rings is 1. The molecule has 7 heteroatoms. The monoisotopic (exact) mass is 408 g/mol. The molecule has 29 heavy (non-hydrogen) atoms. The summed E-state index contributed by atoms with van der Waals surface area (Å²) in [6.07, 6.45) is 0. The Hall–Kier alpha value is -2.41. The molecule has 5 rings (SSSR count). The van der Waals surface area contributed by atoms with Gasteiger partial charge in [-0.1, -0.05) is 41.9 Å². The number of fused-ring (bicyclic) bond motifs is 3. The van der Waals surface area contributed by atoms with Gasteiger partial charge in [-0.2, -0.15) is 0 Å². The van der Waals surface area contributed by atoms with Gasteiger partial charge in [-0.05, 0) is 43.3 Å². The minimum Gasteiger partial charge on any atom is -0.338 e. The van der Waals surface area contributed by atoms with E-state index in [1.54, 1.807) is 0 Å². The smallest absolute Gasteiger partial charge is 0.232 e. The Labute approximate surface area is 176 Å². The van der Waals surface area contributed by atoms with E-state index in [9.17, 15) is 0 Å². The van der Waals surface area contributed by atoms with E-state index in [2.05, 4.69) is 80.3 Å². The fraction of sp³-hybridized carbons (Fsp3) is 0.364. The van der Waals surface area contributed by atoms with Crippen molar-refractivity contribution < 1.29 is 0 Å². The predicted octanol–water partition coefficient (Wildman–Crippen LogP) is 3.43. The molecule has 0 spiro atoms. The molecule has 6 nitrogen and oxygen atoms in total. The van der Waals surface area contributed by atoms with Gasteiger partial charge < -0.3 is 9.80 Å². The lowest BCUT2D eigenvalue weighted by Gasteiger charge is -2.33. The summed E-state index contributed by atoms with van der Waals surface area (Å²) in [5, 5.41) is 13.7. The van der Waals surface area contributed by atoms with Crippen molar-refractivity contribution in [2.24, 2.45) is 0 Å². The van der Waals surface area contributed by atoms with Crippen LogP contribution in [-0.2, 0) is 0 Å². The molecule has 1 N–H and O–H groups in total. The first-order chi connectivity index (χ1) is 14.1. The molecule has 3 aromatic rings. The highest BCUT2D eigenvalue weighted by molar-refractivity contribution is 6.30. The van der Waals surface area contributed by atoms with Crippen molar-refractivity contribution in [1.29, 1.82) is 0 Å². The summed E-state index contributed by atoms with van der Waals surface area (Å²) in [6, 6.07) is 16.7. The first kappa shape index (κ1) is 18.6. The number of anilines is 1. The number of halogens is 1. The summed E-state index contributed by atoms with van der Waals surface area (Å²) in [5.74, 6) is 1.85. The van der Waals surface area contributed by atoms with E-state index in [1.165, 1.54) is 5.56 Å². The topological polar surface area (TPSA) is 49.2 Å². The van der Waals surface area contributed by atoms with Crippen LogP contribution >= 0.6 is 11.6 Å². The number of aromatic nitrogens is 3. The van der Waals surface area contributed by atoms with Crippen LogP contribution in [-0.4, -0.2) is 52.9 Å². The Kier molecular flexibility index (Phi) is 4.78. The molecule has 2 atom stereocenters. The van der Waals surface area contributed by atoms with Crippen molar-refractivity contribution in [3.05, 3.63) is 70.5 Å². The highest BCUT2D eigenvalue weighted by Crippen LogP contribution is 2.38. The van der Waals surface area contributed by atoms with Crippen LogP contribution in [0.5, 0.6) is 0 Å². The Morgan fingerprint density at radius 3 is 2.52 bits per heavy atom. The average molecular weight is 409 g/mol. The van der Waals surface area contributed by atoms with Crippen LogP contribution in [0.2, 0.25) is 5.02 Å². The number of benzene rings is 2. The third-order valence-corrected chi connectivity index (χ3v) is 6.17. The molecule has 0 bridgehead atoms. The SMILES string of the molecule is CC1NC(c2ccccc2)c2cc(Cl)ccc2-n2c1nnc2N1CCN(C)CC1. The van der Waals surface area contributed by atoms with E-state index in [0.717, 1.165) is 54.2 Å². The second kappa shape index (κ2) is 7.44. The summed E-state index contributed by atoms with van der Waals surface area (Å²) in [4.78, 5) is 4.68. The molecular weight excluding hydrogens is 384 g/mol. The van der Waals surface area contributed by atoms with Crippen molar-refractivity contribution in [1.82, 2.24) is 25.0 Å². The van der Waals surface area contributed by atoms with Gasteiger partial charge in [0.05, 0.1) is 17.8 Å². The molecule has 2 aliphatic rings. The molecule has 0 radical (unpaired) electrons. The maximum Gasteiger partial charge on any atom is 0.232 e. The van der Waals surface area contributed by atoms with Gasteiger partial charge in [0.2, 0.25) is 5.95 Å². The van der Waals surface area contributed by atoms with Crippen LogP contribution in [0.15, 0.2) is 48.5 Å². The van der Waals surface area contributed by atoms with Crippen LogP contribution in [0.1, 0.15) is 36.0 Å². The standard InChI is InChI=1S/C22H25ClN6/c1-15-21-25-26-22(28-12-10-27(2)11-13-28)29(21)19-9-8-17(23)14-18(19)20(24-15)16-6-4-3-5-7-16/h3-9,14-15,20,24H,10-13H2,1-2H3. The molecule has 0 saturated carbocycles. The summed E-state index contributed by atoms with van der Waals surface area (Å²) in [7, 11) is 2.16. The molecule has 3 heterocycles. The van der Waals surface area contributed by atoms with E-state index in [4.69, 9.17) is 11.6 Å². The summed E-state index contributed by atoms with van der Waals surface area (Å²) < 4.78 is 2.22. The molecule has 1 aromatic heterocycles. The third-order valence-electron chi connectivity index (χ3n) is 5.94. The largest absolute Gasteiger partial charge is 0.338 e. The van der Waals surface area contributed by atoms with Crippen molar-refractivity contribution in [3.8, 4) is 5.69 Å². The van der Waals surface area contributed by atoms with Gasteiger partial charge in [0, 0.05) is 31.2 Å². The highest BCUT2D eigenvalue weighted by atomic mass is 35.5. The molecule has 150 valence electrons. The van der Waals surface area contributed by atoms with Gasteiger partial charge in [-0.25, -0.2) is 0 Å². The van der Waals surface area contributed by atoms with Gasteiger partial charge in [-0.15, -0.1) is 10.2 Å². The zero-order valence-electron chi connectivity index (χ0n) is 16.7. The molecule has 2 unspecified atom stereocenters. The second-order valence-corrected chi connectivity index (χ2v) is 8.36. The van der Waals surface area contributed by atoms with E-state index in [1.807, 2.05) is 12.1 Å². The molecule has 0 amide bonds. The lowest BCUT2D eigenvalue weighted by atomic mass is 9.97. The maximum atomic E-state index is 6.44. The lowest BCUT2D eigenvalue weighted by molar-refractivity contribution is 0.310. The van der Waals surface area contributed by atoms with Crippen LogP contribution in [0.3, 0.4) is 0 Å². The second-order valence-electron chi connectivity index (χ2n) is 7.92. The number of hydrogen-bond donors (Lipinski definition) is 1. The molecule has 0 aliphatic carbocycles. The highest BCUT2D eigenvalue weighted by Gasteiger charge is 2.32. The van der Waals surface area contributed by atoms with Gasteiger partial charge in [0.25, 0.3) is 0 Å². The summed E-state index contributed by atoms with van der Waals surface area (Å²) in [5.41, 5.74) is 3.45. The van der Waals surface area contributed by atoms with Crippen LogP contribution in [0.4, 0.5) is 5.95 Å². The maximum absolute atomic E-state index is 6.44. The normalized spacial score (nSPS) is 22.1. The molecule has 2 aliphatic heterocycles. The van der Waals surface area contributed by atoms with E-state index >= 15 is 0 Å². The number of nitrogens with zero attached hydrogens (tertiary/aromatic N) is 5. The van der Waals surface area contributed by atoms with Crippen molar-refractivity contribution in [2.75, 3.05) is 38.1 Å². The zero-order chi connectivity index (χ0) is 20.0. The van der Waals surface area contributed by atoms with Gasteiger partial charge in [0.1, 0.15) is 0 Å². The van der Waals surface area contributed by atoms with Crippen LogP contribution < -0.4 is 10.2 Å². The Bertz CT molecular complexity index is 1010. The van der Waals surface area contributed by atoms with Crippen molar-refractivity contribution >= 4 is 17.5 Å². The quantitative estimate of drug-likeness (QED) is 0.704. The first-order valence-electron chi connectivity index (χ1n) is 10.1. The molecule has 2 aromatic carbocycles. The Morgan fingerprint density at radius 1 is 1.00 bits per heavy atom. The number of likely N-dealkylation sites (N-methyl/N-ethyl adjacent to an activating group) is 1. The molecular formula is C22H25ClN6. The lowest BCUT2D eigenvalue weighted by Crippen LogP contribution is -2.45. The molecule has 1 saturated heterocycles. The minimum atomic E-state index is 0.0296. The van der Waals surface area contributed by atoms with Gasteiger partial charge in [0.15, 0.2) is 5.82 Å². The van der Waals surface area contributed by atoms with Crippen molar-refractivity contribution in [3.63, 3.8) is 0 Å². The fourth-order valence-electron chi connectivity index (χ4n) is 4.31. The van der Waals surface area contributed by atoms with E-state index in [-0.39, 0.29) is 12.1 Å². The Balaban J connectivity index is 1.67. The van der Waals surface area contributed by atoms with Gasteiger partial charge in [-0.3, -0.25) is 9.88 Å². The summed E-state index contributed by atoms with van der Waals surface area (Å²) in [6.45, 7) is 6.09. The zero-order valence-corrected chi connectivity index (χ0v) is 17.5. The predicted molar refractivity (Wildman–Crippen MR) is 116 cm³/mol. The Morgan fingerprint density at radius 2 is 1.76 bits per heavy atom. The number of nitrogens with one attached hydrogen (secondary N) is 1. The number of rotatable bonds is 2. The van der Waals surface area contributed by atoms with Crippen LogP contribution in [0.25, 0.3) is 5.69 Å². The van der Waals surface area contributed by atoms with Crippen molar-refractivity contribution in [2.45, 2.75) is 19.0 Å². The molecule has 1 fully saturated rings. The summed E-state index contributed by atoms with van der Waals surface area (Å²) >= 11 is 6.44. The average Bonchev–Trinajstić information content (AvgIpc) is 3.13. The van der Waals surface area contributed by atoms with E-state index in [0.29, 0.717) is 0 Å². The van der Waals surface area contributed by atoms with Gasteiger partial charge >= 0.3 is 0 Å². The minimum absolute atomic E-state index is 0.0296.